The molecule has 1 unspecified atom stereocenters. The van der Waals surface area contributed by atoms with Crippen molar-refractivity contribution in [2.45, 2.75) is 129 Å². The number of hydrogen-bond donors (Lipinski definition) is 2. The zero-order valence-corrected chi connectivity index (χ0v) is 35.3. The Kier molecular flexibility index (Phi) is 10.1. The van der Waals surface area contributed by atoms with Crippen LogP contribution in [0.25, 0.3) is 10.9 Å². The smallest absolute Gasteiger partial charge is 0.410 e. The van der Waals surface area contributed by atoms with Crippen molar-refractivity contribution in [1.29, 1.82) is 0 Å². The van der Waals surface area contributed by atoms with Crippen LogP contribution in [0.2, 0.25) is 0 Å². The number of halogens is 1. The zero-order chi connectivity index (χ0) is 42.6. The largest absolute Gasteiger partial charge is 0.492 e. The van der Waals surface area contributed by atoms with Crippen LogP contribution in [0, 0.1) is 34.4 Å². The van der Waals surface area contributed by atoms with Crippen LogP contribution in [-0.2, 0) is 19.1 Å². The third kappa shape index (κ3) is 6.67. The number of aliphatic hydroxyl groups is 2. The number of esters is 1. The number of rotatable bonds is 7. The van der Waals surface area contributed by atoms with E-state index in [0.717, 1.165) is 37.3 Å². The first-order valence-electron chi connectivity index (χ1n) is 21.3. The van der Waals surface area contributed by atoms with E-state index in [9.17, 15) is 34.2 Å². The maximum Gasteiger partial charge on any atom is 0.410 e. The number of anilines is 1. The summed E-state index contributed by atoms with van der Waals surface area (Å²) in [6.07, 6.45) is 6.92. The molecule has 0 bridgehead atoms. The average Bonchev–Trinajstić information content (AvgIpc) is 3.97. The highest BCUT2D eigenvalue weighted by molar-refractivity contribution is 5.99. The summed E-state index contributed by atoms with van der Waals surface area (Å²) in [6, 6.07) is 0.688. The SMILES string of the molecule is COc1c(N2CCN(C(=O)OC(C)(C)C)C(C)C2)c(F)cc2c(=O)c(C(=O)OCC(=O)[C@]3(O)CC[C@@H]4[C@H]5CCC6=CC(=O)CC[C@@]6(C)[C@@H]5[C@H](O)C[C@]43C)cn(C3CC3)c12. The Morgan fingerprint density at radius 1 is 1.03 bits per heavy atom. The molecule has 1 aromatic heterocycles. The summed E-state index contributed by atoms with van der Waals surface area (Å²) in [6.45, 7) is 11.3. The lowest BCUT2D eigenvalue weighted by atomic mass is 9.45. The number of ketones is 2. The molecule has 320 valence electrons. The van der Waals surface area contributed by atoms with Gasteiger partial charge in [0.15, 0.2) is 24.0 Å². The lowest BCUT2D eigenvalue weighted by molar-refractivity contribution is -0.182. The molecule has 1 aromatic carbocycles. The number of aliphatic hydroxyl groups excluding tert-OH is 1. The highest BCUT2D eigenvalue weighted by Crippen LogP contribution is 2.67. The molecule has 1 amide bonds. The summed E-state index contributed by atoms with van der Waals surface area (Å²) >= 11 is 0. The first kappa shape index (κ1) is 41.4. The first-order chi connectivity index (χ1) is 27.7. The van der Waals surface area contributed by atoms with Gasteiger partial charge in [0.05, 0.1) is 24.1 Å². The third-order valence-corrected chi connectivity index (χ3v) is 15.0. The van der Waals surface area contributed by atoms with Crippen molar-refractivity contribution in [3.05, 3.63) is 45.5 Å². The second-order valence-electron chi connectivity index (χ2n) is 19.6. The standard InChI is InChI=1S/C45H58FN3O10/c1-24-21-47(16-17-48(24)41(55)59-42(2,3)4)37-32(46)19-29-36(39(37)57-7)49(26-9-10-26)22-30(38(29)53)40(54)58-23-34(52)45(56)15-13-31-28-11-8-25-18-27(50)12-14-43(25,5)35(28)33(51)20-44(31,45)6/h18-19,22,24,26,28,31,33,35,51,56H,8-17,20-21,23H2,1-7H3/t24?,28-,31-,33-,35+,43-,44-,45-/m1/s1. The third-order valence-electron chi connectivity index (χ3n) is 15.0. The van der Waals surface area contributed by atoms with Crippen LogP contribution in [-0.4, -0.2) is 100 Å². The minimum absolute atomic E-state index is 0.0464. The summed E-state index contributed by atoms with van der Waals surface area (Å²) in [5.74, 6) is -2.33. The highest BCUT2D eigenvalue weighted by atomic mass is 19.1. The van der Waals surface area contributed by atoms with E-state index in [1.54, 1.807) is 41.2 Å². The zero-order valence-electron chi connectivity index (χ0n) is 35.3. The fraction of sp³-hybridized carbons (Fsp3) is 0.667. The number of methoxy groups -OCH3 is 1. The van der Waals surface area contributed by atoms with E-state index in [1.165, 1.54) is 13.3 Å². The Morgan fingerprint density at radius 3 is 2.42 bits per heavy atom. The maximum absolute atomic E-state index is 16.3. The Balaban J connectivity index is 1.03. The molecule has 8 atom stereocenters. The van der Waals surface area contributed by atoms with Crippen molar-refractivity contribution in [1.82, 2.24) is 9.47 Å². The van der Waals surface area contributed by atoms with Crippen molar-refractivity contribution in [3.63, 3.8) is 0 Å². The molecule has 2 heterocycles. The van der Waals surface area contributed by atoms with Crippen LogP contribution < -0.4 is 15.1 Å². The van der Waals surface area contributed by atoms with Gasteiger partial charge >= 0.3 is 12.1 Å². The molecular weight excluding hydrogens is 762 g/mol. The molecule has 1 aliphatic heterocycles. The first-order valence-corrected chi connectivity index (χ1v) is 21.3. The molecule has 1 saturated heterocycles. The van der Waals surface area contributed by atoms with Crippen molar-refractivity contribution < 1.29 is 48.0 Å². The van der Waals surface area contributed by atoms with E-state index in [2.05, 4.69) is 6.92 Å². The molecule has 5 aliphatic carbocycles. The number of allylic oxidation sites excluding steroid dienone is 1. The number of piperazine rings is 1. The second kappa shape index (κ2) is 14.4. The fourth-order valence-corrected chi connectivity index (χ4v) is 11.9. The van der Waals surface area contributed by atoms with Crippen LogP contribution >= 0.6 is 0 Å². The molecule has 8 rings (SSSR count). The number of nitrogens with zero attached hydrogens (tertiary/aromatic N) is 3. The molecular formula is C45H58FN3O10. The van der Waals surface area contributed by atoms with Crippen LogP contribution in [0.15, 0.2) is 28.7 Å². The van der Waals surface area contributed by atoms with Gasteiger partial charge in [0, 0.05) is 49.8 Å². The summed E-state index contributed by atoms with van der Waals surface area (Å²) in [5.41, 5.74) is -3.42. The number of aromatic nitrogens is 1. The lowest BCUT2D eigenvalue weighted by Gasteiger charge is -2.60. The number of Topliss-reactive ketones (excluding diaryl/α,β-unsaturated/α-hetero) is 1. The van der Waals surface area contributed by atoms with Gasteiger partial charge in [-0.25, -0.2) is 14.0 Å². The van der Waals surface area contributed by atoms with E-state index in [-0.39, 0.29) is 95.9 Å². The van der Waals surface area contributed by atoms with Gasteiger partial charge < -0.3 is 38.8 Å². The van der Waals surface area contributed by atoms with Gasteiger partial charge in [-0.05, 0) is 114 Å². The Bertz CT molecular complexity index is 2210. The number of carbonyl (C=O) groups is 4. The van der Waals surface area contributed by atoms with E-state index in [0.29, 0.717) is 24.8 Å². The molecule has 0 radical (unpaired) electrons. The lowest BCUT2D eigenvalue weighted by Crippen LogP contribution is -2.62. The highest BCUT2D eigenvalue weighted by Gasteiger charge is 2.68. The van der Waals surface area contributed by atoms with Crippen LogP contribution in [0.4, 0.5) is 14.9 Å². The molecule has 0 spiro atoms. The van der Waals surface area contributed by atoms with Crippen molar-refractivity contribution in [3.8, 4) is 5.75 Å². The number of benzene rings is 1. The Hall–Kier alpha value is -4.30. The minimum Gasteiger partial charge on any atom is -0.492 e. The van der Waals surface area contributed by atoms with E-state index >= 15 is 4.39 Å². The number of ether oxygens (including phenoxy) is 3. The predicted octanol–water partition coefficient (Wildman–Crippen LogP) is 5.89. The number of fused-ring (bicyclic) bond motifs is 6. The monoisotopic (exact) mass is 819 g/mol. The maximum atomic E-state index is 16.3. The fourth-order valence-electron chi connectivity index (χ4n) is 11.9. The molecule has 13 nitrogen and oxygen atoms in total. The summed E-state index contributed by atoms with van der Waals surface area (Å²) in [4.78, 5) is 70.5. The average molecular weight is 820 g/mol. The molecule has 14 heteroatoms. The van der Waals surface area contributed by atoms with Gasteiger partial charge in [-0.3, -0.25) is 14.4 Å². The quantitative estimate of drug-likeness (QED) is 0.320. The molecule has 2 N–H and O–H groups in total. The van der Waals surface area contributed by atoms with Crippen LogP contribution in [0.3, 0.4) is 0 Å². The second-order valence-corrected chi connectivity index (χ2v) is 19.6. The van der Waals surface area contributed by atoms with Gasteiger partial charge in [0.1, 0.15) is 22.5 Å². The van der Waals surface area contributed by atoms with E-state index < -0.39 is 58.4 Å². The molecule has 59 heavy (non-hydrogen) atoms. The number of amides is 1. The molecule has 4 saturated carbocycles. The number of carbonyl (C=O) groups excluding carboxylic acids is 4. The molecule has 2 aromatic rings. The Morgan fingerprint density at radius 2 is 1.76 bits per heavy atom. The van der Waals surface area contributed by atoms with Gasteiger partial charge in [-0.2, -0.15) is 0 Å². The molecule has 5 fully saturated rings. The van der Waals surface area contributed by atoms with Gasteiger partial charge in [-0.1, -0.05) is 19.4 Å². The van der Waals surface area contributed by atoms with Gasteiger partial charge in [0.2, 0.25) is 11.2 Å². The van der Waals surface area contributed by atoms with E-state index in [4.69, 9.17) is 14.2 Å². The van der Waals surface area contributed by atoms with E-state index in [1.807, 2.05) is 13.8 Å². The topological polar surface area (TPSA) is 165 Å². The number of pyridine rings is 1. The van der Waals surface area contributed by atoms with Crippen LogP contribution in [0.5, 0.6) is 5.75 Å². The summed E-state index contributed by atoms with van der Waals surface area (Å²) < 4.78 is 35.0. The normalized spacial score (nSPS) is 33.2. The summed E-state index contributed by atoms with van der Waals surface area (Å²) in [5, 5.41) is 23.9. The van der Waals surface area contributed by atoms with Gasteiger partial charge in [-0.15, -0.1) is 0 Å². The van der Waals surface area contributed by atoms with Crippen LogP contribution in [0.1, 0.15) is 116 Å². The predicted molar refractivity (Wildman–Crippen MR) is 216 cm³/mol. The molecule has 6 aliphatic rings. The summed E-state index contributed by atoms with van der Waals surface area (Å²) in [7, 11) is 1.40. The van der Waals surface area contributed by atoms with Crippen molar-refractivity contribution >= 4 is 40.2 Å². The van der Waals surface area contributed by atoms with Crippen molar-refractivity contribution in [2.24, 2.45) is 28.6 Å². The van der Waals surface area contributed by atoms with Gasteiger partial charge in [0.25, 0.3) is 0 Å². The van der Waals surface area contributed by atoms with Crippen molar-refractivity contribution in [2.75, 3.05) is 38.3 Å². The number of hydrogen-bond acceptors (Lipinski definition) is 11. The Labute approximate surface area is 343 Å². The minimum atomic E-state index is -1.87.